The fraction of sp³-hybridized carbons (Fsp3) is 0.188. The second kappa shape index (κ2) is 11.2. The number of hydrogen-bond acceptors (Lipinski definition) is 6. The van der Waals surface area contributed by atoms with Crippen molar-refractivity contribution in [3.05, 3.63) is 88.7 Å². The Labute approximate surface area is 249 Å². The Morgan fingerprint density at radius 3 is 2.57 bits per heavy atom. The van der Waals surface area contributed by atoms with Crippen molar-refractivity contribution in [1.29, 1.82) is 0 Å². The summed E-state index contributed by atoms with van der Waals surface area (Å²) < 4.78 is 36.4. The van der Waals surface area contributed by atoms with Gasteiger partial charge < -0.3 is 4.74 Å². The van der Waals surface area contributed by atoms with Crippen LogP contribution in [-0.4, -0.2) is 32.3 Å². The van der Waals surface area contributed by atoms with E-state index >= 15 is 0 Å². The molecule has 0 atom stereocenters. The second-order valence-corrected chi connectivity index (χ2v) is 11.3. The van der Waals surface area contributed by atoms with E-state index in [9.17, 15) is 13.6 Å². The van der Waals surface area contributed by atoms with Crippen LogP contribution in [0.1, 0.15) is 30.0 Å². The molecule has 6 nitrogen and oxygen atoms in total. The molecule has 6 aromatic rings. The molecule has 0 spiro atoms. The van der Waals surface area contributed by atoms with E-state index in [0.29, 0.717) is 26.8 Å². The van der Waals surface area contributed by atoms with E-state index < -0.39 is 6.43 Å². The molecule has 0 aliphatic rings. The maximum absolute atomic E-state index is 14.3. The Morgan fingerprint density at radius 1 is 1.07 bits per heavy atom. The number of carbonyl (C=O) groups excluding carboxylic acids is 1. The number of aromatic nitrogens is 4. The van der Waals surface area contributed by atoms with Crippen LogP contribution in [0.4, 0.5) is 8.78 Å². The Kier molecular flexibility index (Phi) is 7.47. The molecule has 0 aliphatic carbocycles. The van der Waals surface area contributed by atoms with E-state index in [0.717, 1.165) is 43.4 Å². The lowest BCUT2D eigenvalue weighted by molar-refractivity contribution is -0.142. The molecule has 0 N–H and O–H groups in total. The molecule has 0 saturated carbocycles. The SMILES string of the molecule is CCOC(=O)Cc1c(C)cc2nc(-c3cc(-c4ccc5c(cnn5C)c4)ncc3C(F)F)sc2c1-c1ccc(Cl)cc1. The molecule has 0 radical (unpaired) electrons. The molecule has 3 aromatic carbocycles. The minimum Gasteiger partial charge on any atom is -0.466 e. The van der Waals surface area contributed by atoms with E-state index in [1.165, 1.54) is 17.5 Å². The molecule has 0 aliphatic heterocycles. The topological polar surface area (TPSA) is 69.9 Å². The number of aryl methyl sites for hydroxylation is 2. The van der Waals surface area contributed by atoms with Crippen LogP contribution in [0.25, 0.3) is 54.1 Å². The largest absolute Gasteiger partial charge is 0.466 e. The second-order valence-electron chi connectivity index (χ2n) is 9.90. The summed E-state index contributed by atoms with van der Waals surface area (Å²) in [6, 6.07) is 16.7. The van der Waals surface area contributed by atoms with Crippen LogP contribution in [-0.2, 0) is 23.0 Å². The van der Waals surface area contributed by atoms with Crippen molar-refractivity contribution in [3.8, 4) is 33.0 Å². The lowest BCUT2D eigenvalue weighted by atomic mass is 9.93. The number of carbonyl (C=O) groups is 1. The Morgan fingerprint density at radius 2 is 1.83 bits per heavy atom. The summed E-state index contributed by atoms with van der Waals surface area (Å²) in [6.07, 6.45) is 0.312. The highest BCUT2D eigenvalue weighted by atomic mass is 35.5. The van der Waals surface area contributed by atoms with Crippen molar-refractivity contribution in [1.82, 2.24) is 19.7 Å². The van der Waals surface area contributed by atoms with Crippen molar-refractivity contribution in [2.24, 2.45) is 7.05 Å². The van der Waals surface area contributed by atoms with Crippen LogP contribution in [0.3, 0.4) is 0 Å². The molecule has 3 aromatic heterocycles. The van der Waals surface area contributed by atoms with E-state index in [2.05, 4.69) is 10.1 Å². The number of alkyl halides is 2. The van der Waals surface area contributed by atoms with Crippen molar-refractivity contribution < 1.29 is 18.3 Å². The number of thiazole rings is 1. The van der Waals surface area contributed by atoms with E-state index in [1.807, 2.05) is 50.4 Å². The zero-order valence-corrected chi connectivity index (χ0v) is 24.6. The number of nitrogens with zero attached hydrogens (tertiary/aromatic N) is 4. The normalized spacial score (nSPS) is 11.6. The van der Waals surface area contributed by atoms with Gasteiger partial charge >= 0.3 is 5.97 Å². The smallest absolute Gasteiger partial charge is 0.310 e. The minimum absolute atomic E-state index is 0.0688. The molecule has 212 valence electrons. The third-order valence-electron chi connectivity index (χ3n) is 7.21. The summed E-state index contributed by atoms with van der Waals surface area (Å²) in [4.78, 5) is 21.8. The van der Waals surface area contributed by atoms with Gasteiger partial charge in [-0.15, -0.1) is 11.3 Å². The van der Waals surface area contributed by atoms with Crippen molar-refractivity contribution in [2.45, 2.75) is 26.7 Å². The Bertz CT molecular complexity index is 1970. The van der Waals surface area contributed by atoms with Crippen LogP contribution in [0.5, 0.6) is 0 Å². The first kappa shape index (κ1) is 27.9. The molecule has 42 heavy (non-hydrogen) atoms. The highest BCUT2D eigenvalue weighted by Gasteiger charge is 2.23. The fourth-order valence-electron chi connectivity index (χ4n) is 5.16. The first-order chi connectivity index (χ1) is 20.2. The van der Waals surface area contributed by atoms with Gasteiger partial charge in [-0.25, -0.2) is 13.8 Å². The Balaban J connectivity index is 1.55. The highest BCUT2D eigenvalue weighted by Crippen LogP contribution is 2.43. The number of benzene rings is 3. The molecule has 0 bridgehead atoms. The van der Waals surface area contributed by atoms with Crippen molar-refractivity contribution in [3.63, 3.8) is 0 Å². The van der Waals surface area contributed by atoms with Crippen LogP contribution < -0.4 is 0 Å². The Hall–Kier alpha value is -4.21. The molecule has 10 heteroatoms. The van der Waals surface area contributed by atoms with E-state index in [1.54, 1.807) is 36.0 Å². The molecule has 0 fully saturated rings. The lowest BCUT2D eigenvalue weighted by Crippen LogP contribution is -2.09. The first-order valence-electron chi connectivity index (χ1n) is 13.3. The summed E-state index contributed by atoms with van der Waals surface area (Å²) in [7, 11) is 1.86. The average Bonchev–Trinajstić information content (AvgIpc) is 3.56. The van der Waals surface area contributed by atoms with Crippen LogP contribution in [0.15, 0.2) is 67.0 Å². The van der Waals surface area contributed by atoms with Gasteiger partial charge in [0.2, 0.25) is 0 Å². The van der Waals surface area contributed by atoms with Gasteiger partial charge in [0.25, 0.3) is 6.43 Å². The maximum atomic E-state index is 14.3. The maximum Gasteiger partial charge on any atom is 0.310 e. The van der Waals surface area contributed by atoms with Gasteiger partial charge in [0, 0.05) is 45.9 Å². The average molecular weight is 603 g/mol. The summed E-state index contributed by atoms with van der Waals surface area (Å²) in [5.74, 6) is -0.343. The van der Waals surface area contributed by atoms with Gasteiger partial charge in [-0.05, 0) is 66.9 Å². The van der Waals surface area contributed by atoms with Gasteiger partial charge in [0.05, 0.1) is 40.7 Å². The summed E-state index contributed by atoms with van der Waals surface area (Å²) in [5, 5.41) is 6.23. The van der Waals surface area contributed by atoms with Gasteiger partial charge in [0.15, 0.2) is 0 Å². The minimum atomic E-state index is -2.74. The number of ether oxygens (including phenoxy) is 1. The highest BCUT2D eigenvalue weighted by molar-refractivity contribution is 7.22. The molecule has 6 rings (SSSR count). The van der Waals surface area contributed by atoms with Crippen LogP contribution in [0, 0.1) is 6.92 Å². The molecule has 0 saturated heterocycles. The number of fused-ring (bicyclic) bond motifs is 2. The zero-order chi connectivity index (χ0) is 29.5. The summed E-state index contributed by atoms with van der Waals surface area (Å²) in [5.41, 5.74) is 6.37. The zero-order valence-electron chi connectivity index (χ0n) is 23.0. The molecular weight excluding hydrogens is 578 g/mol. The van der Waals surface area contributed by atoms with E-state index in [4.69, 9.17) is 21.3 Å². The summed E-state index contributed by atoms with van der Waals surface area (Å²) >= 11 is 7.49. The fourth-order valence-corrected chi connectivity index (χ4v) is 6.46. The van der Waals surface area contributed by atoms with Gasteiger partial charge in [-0.3, -0.25) is 14.5 Å². The monoisotopic (exact) mass is 602 g/mol. The lowest BCUT2D eigenvalue weighted by Gasteiger charge is -2.14. The number of pyridine rings is 1. The van der Waals surface area contributed by atoms with Gasteiger partial charge in [-0.1, -0.05) is 29.8 Å². The van der Waals surface area contributed by atoms with Crippen LogP contribution >= 0.6 is 22.9 Å². The quantitative estimate of drug-likeness (QED) is 0.171. The number of hydrogen-bond donors (Lipinski definition) is 0. The molecular formula is C32H25ClF2N4O2S. The molecule has 3 heterocycles. The third-order valence-corrected chi connectivity index (χ3v) is 8.59. The van der Waals surface area contributed by atoms with Crippen LogP contribution in [0.2, 0.25) is 5.02 Å². The number of halogens is 3. The van der Waals surface area contributed by atoms with Crippen molar-refractivity contribution in [2.75, 3.05) is 6.61 Å². The standard InChI is InChI=1S/C32H25ClF2N4O2S/c1-4-41-28(40)14-22-17(2)11-26-30(29(22)18-5-8-21(33)9-6-18)42-32(38-26)23-13-25(36-16-24(23)31(34)35)19-7-10-27-20(12-19)15-37-39(27)3/h5-13,15-16,31H,4,14H2,1-3H3. The third kappa shape index (κ3) is 5.14. The predicted molar refractivity (Wildman–Crippen MR) is 163 cm³/mol. The molecule has 0 amide bonds. The van der Waals surface area contributed by atoms with Gasteiger partial charge in [-0.2, -0.15) is 5.10 Å². The van der Waals surface area contributed by atoms with Gasteiger partial charge in [0.1, 0.15) is 5.01 Å². The predicted octanol–water partition coefficient (Wildman–Crippen LogP) is 8.58. The summed E-state index contributed by atoms with van der Waals surface area (Å²) in [6.45, 7) is 3.95. The van der Waals surface area contributed by atoms with E-state index in [-0.39, 0.29) is 24.6 Å². The number of rotatable bonds is 7. The van der Waals surface area contributed by atoms with Crippen molar-refractivity contribution >= 4 is 50.0 Å². The molecule has 0 unspecified atom stereocenters. The number of esters is 1. The first-order valence-corrected chi connectivity index (χ1v) is 14.5.